The Labute approximate surface area is 109 Å². The monoisotopic (exact) mass is 266 g/mol. The number of hydrogen-bond acceptors (Lipinski definition) is 3. The topological polar surface area (TPSA) is 47.1 Å². The number of nitrogen functional groups attached to an aromatic ring is 1. The van der Waals surface area contributed by atoms with Gasteiger partial charge in [-0.15, -0.1) is 0 Å². The van der Waals surface area contributed by atoms with E-state index in [9.17, 15) is 8.78 Å². The van der Waals surface area contributed by atoms with E-state index in [1.807, 2.05) is 30.1 Å². The van der Waals surface area contributed by atoms with Gasteiger partial charge in [0.2, 0.25) is 0 Å². The second-order valence-corrected chi connectivity index (χ2v) is 5.03. The van der Waals surface area contributed by atoms with Crippen LogP contribution in [0.2, 0.25) is 0 Å². The molecular weight excluding hydrogens is 250 g/mol. The predicted octanol–water partition coefficient (Wildman–Crippen LogP) is 2.39. The molecule has 0 unspecified atom stereocenters. The summed E-state index contributed by atoms with van der Waals surface area (Å²) in [6.07, 6.45) is -0.235. The number of piperidine rings is 1. The second kappa shape index (κ2) is 4.08. The molecule has 1 aliphatic heterocycles. The highest BCUT2D eigenvalue weighted by atomic mass is 19.3. The van der Waals surface area contributed by atoms with Crippen LogP contribution >= 0.6 is 0 Å². The summed E-state index contributed by atoms with van der Waals surface area (Å²) < 4.78 is 28.1. The number of nitrogens with zero attached hydrogens (tertiary/aromatic N) is 3. The van der Waals surface area contributed by atoms with E-state index in [1.54, 1.807) is 4.68 Å². The zero-order valence-electron chi connectivity index (χ0n) is 10.7. The Balaban J connectivity index is 2.00. The summed E-state index contributed by atoms with van der Waals surface area (Å²) in [5.74, 6) is -1.79. The Morgan fingerprint density at radius 3 is 2.63 bits per heavy atom. The first kappa shape index (κ1) is 12.2. The number of halogens is 2. The lowest BCUT2D eigenvalue weighted by Gasteiger charge is -2.31. The zero-order chi connectivity index (χ0) is 13.6. The number of alkyl halides is 2. The molecule has 2 heterocycles. The van der Waals surface area contributed by atoms with Gasteiger partial charge in [0.25, 0.3) is 5.92 Å². The van der Waals surface area contributed by atoms with Crippen LogP contribution in [-0.2, 0) is 7.05 Å². The highest BCUT2D eigenvalue weighted by molar-refractivity contribution is 5.97. The van der Waals surface area contributed by atoms with Gasteiger partial charge in [-0.2, -0.15) is 5.10 Å². The molecule has 1 saturated heterocycles. The summed E-state index contributed by atoms with van der Waals surface area (Å²) in [5.41, 5.74) is 7.45. The van der Waals surface area contributed by atoms with E-state index >= 15 is 0 Å². The van der Waals surface area contributed by atoms with E-state index in [4.69, 9.17) is 5.73 Å². The lowest BCUT2D eigenvalue weighted by Crippen LogP contribution is -2.39. The molecule has 0 atom stereocenters. The third kappa shape index (κ3) is 2.01. The van der Waals surface area contributed by atoms with Gasteiger partial charge in [0.05, 0.1) is 11.2 Å². The van der Waals surface area contributed by atoms with Gasteiger partial charge < -0.3 is 10.6 Å². The fourth-order valence-electron chi connectivity index (χ4n) is 2.63. The number of hydrogen-bond donors (Lipinski definition) is 1. The zero-order valence-corrected chi connectivity index (χ0v) is 10.7. The maximum Gasteiger partial charge on any atom is 0.251 e. The molecule has 0 aliphatic carbocycles. The van der Waals surface area contributed by atoms with Gasteiger partial charge in [0, 0.05) is 38.4 Å². The molecule has 102 valence electrons. The average Bonchev–Trinajstić information content (AvgIpc) is 2.68. The van der Waals surface area contributed by atoms with Gasteiger partial charge in [-0.05, 0) is 12.1 Å². The van der Waals surface area contributed by atoms with Crippen LogP contribution in [0.25, 0.3) is 10.9 Å². The van der Waals surface area contributed by atoms with E-state index in [-0.39, 0.29) is 12.8 Å². The summed E-state index contributed by atoms with van der Waals surface area (Å²) in [6, 6.07) is 5.61. The summed E-state index contributed by atoms with van der Waals surface area (Å²) >= 11 is 0. The number of benzene rings is 1. The lowest BCUT2D eigenvalue weighted by molar-refractivity contribution is -0.0221. The maximum atomic E-state index is 13.2. The molecule has 19 heavy (non-hydrogen) atoms. The third-order valence-electron chi connectivity index (χ3n) is 3.67. The average molecular weight is 266 g/mol. The minimum absolute atomic E-state index is 0.118. The molecule has 4 nitrogen and oxygen atoms in total. The van der Waals surface area contributed by atoms with Crippen LogP contribution in [0.15, 0.2) is 18.2 Å². The second-order valence-electron chi connectivity index (χ2n) is 5.03. The maximum absolute atomic E-state index is 13.2. The van der Waals surface area contributed by atoms with Crippen LogP contribution in [0.5, 0.6) is 0 Å². The van der Waals surface area contributed by atoms with Crippen molar-refractivity contribution in [1.82, 2.24) is 9.78 Å². The molecule has 1 aliphatic rings. The molecule has 2 N–H and O–H groups in total. The molecule has 2 aromatic rings. The van der Waals surface area contributed by atoms with E-state index in [0.29, 0.717) is 18.8 Å². The lowest BCUT2D eigenvalue weighted by atomic mass is 10.1. The molecule has 0 amide bonds. The smallest absolute Gasteiger partial charge is 0.251 e. The number of para-hydroxylation sites is 1. The molecular formula is C13H16F2N4. The minimum atomic E-state index is -2.54. The number of fused-ring (bicyclic) bond motifs is 1. The molecule has 6 heteroatoms. The summed E-state index contributed by atoms with van der Waals surface area (Å²) in [4.78, 5) is 1.92. The molecule has 0 bridgehead atoms. The molecule has 1 aromatic carbocycles. The van der Waals surface area contributed by atoms with Gasteiger partial charge in [-0.3, -0.25) is 4.68 Å². The van der Waals surface area contributed by atoms with E-state index in [2.05, 4.69) is 5.10 Å². The Hall–Kier alpha value is -1.85. The van der Waals surface area contributed by atoms with Crippen molar-refractivity contribution in [1.29, 1.82) is 0 Å². The van der Waals surface area contributed by atoms with E-state index in [0.717, 1.165) is 16.7 Å². The number of nitrogens with two attached hydrogens (primary N) is 1. The predicted molar refractivity (Wildman–Crippen MR) is 71.5 cm³/mol. The van der Waals surface area contributed by atoms with E-state index in [1.165, 1.54) is 0 Å². The molecule has 0 radical (unpaired) electrons. The van der Waals surface area contributed by atoms with Crippen LogP contribution in [0.4, 0.5) is 20.3 Å². The van der Waals surface area contributed by atoms with Crippen molar-refractivity contribution in [3.63, 3.8) is 0 Å². The first-order valence-corrected chi connectivity index (χ1v) is 6.32. The molecule has 3 rings (SSSR count). The van der Waals surface area contributed by atoms with Crippen LogP contribution in [0.1, 0.15) is 12.8 Å². The number of anilines is 2. The van der Waals surface area contributed by atoms with Crippen molar-refractivity contribution >= 4 is 22.4 Å². The number of aryl methyl sites for hydroxylation is 1. The van der Waals surface area contributed by atoms with Crippen molar-refractivity contribution in [3.8, 4) is 0 Å². The van der Waals surface area contributed by atoms with Crippen molar-refractivity contribution < 1.29 is 8.78 Å². The van der Waals surface area contributed by atoms with Crippen molar-refractivity contribution in [2.45, 2.75) is 18.8 Å². The highest BCUT2D eigenvalue weighted by Gasteiger charge is 2.35. The Kier molecular flexibility index (Phi) is 2.62. The van der Waals surface area contributed by atoms with Gasteiger partial charge in [0.1, 0.15) is 0 Å². The first-order valence-electron chi connectivity index (χ1n) is 6.32. The van der Waals surface area contributed by atoms with Crippen molar-refractivity contribution in [2.24, 2.45) is 7.05 Å². The van der Waals surface area contributed by atoms with Gasteiger partial charge in [0.15, 0.2) is 5.82 Å². The Morgan fingerprint density at radius 1 is 1.26 bits per heavy atom. The van der Waals surface area contributed by atoms with Crippen LogP contribution in [-0.4, -0.2) is 28.8 Å². The normalized spacial score (nSPS) is 19.0. The summed E-state index contributed by atoms with van der Waals surface area (Å²) in [6.45, 7) is 0.655. The van der Waals surface area contributed by atoms with Crippen molar-refractivity contribution in [3.05, 3.63) is 18.2 Å². The van der Waals surface area contributed by atoms with Crippen LogP contribution < -0.4 is 10.6 Å². The molecule has 1 aromatic heterocycles. The quantitative estimate of drug-likeness (QED) is 0.806. The Bertz CT molecular complexity index is 610. The van der Waals surface area contributed by atoms with E-state index < -0.39 is 5.92 Å². The standard InChI is InChI=1S/C13H16F2N4/c1-18-11-9(3-2-4-10(11)16)12(17-18)19-7-5-13(14,15)6-8-19/h2-4H,5-8,16H2,1H3. The number of aromatic nitrogens is 2. The fraction of sp³-hybridized carbons (Fsp3) is 0.462. The summed E-state index contributed by atoms with van der Waals surface area (Å²) in [5, 5.41) is 5.36. The Morgan fingerprint density at radius 2 is 1.95 bits per heavy atom. The molecule has 0 saturated carbocycles. The highest BCUT2D eigenvalue weighted by Crippen LogP contribution is 2.34. The van der Waals surface area contributed by atoms with Crippen molar-refractivity contribution in [2.75, 3.05) is 23.7 Å². The first-order chi connectivity index (χ1) is 8.98. The number of rotatable bonds is 1. The minimum Gasteiger partial charge on any atom is -0.397 e. The fourth-order valence-corrected chi connectivity index (χ4v) is 2.63. The molecule has 1 fully saturated rings. The largest absolute Gasteiger partial charge is 0.397 e. The molecule has 0 spiro atoms. The van der Waals surface area contributed by atoms with Gasteiger partial charge >= 0.3 is 0 Å². The van der Waals surface area contributed by atoms with Gasteiger partial charge in [-0.1, -0.05) is 6.07 Å². The SMILES string of the molecule is Cn1nc(N2CCC(F)(F)CC2)c2cccc(N)c21. The van der Waals surface area contributed by atoms with Gasteiger partial charge in [-0.25, -0.2) is 8.78 Å². The van der Waals surface area contributed by atoms with Crippen LogP contribution in [0, 0.1) is 0 Å². The third-order valence-corrected chi connectivity index (χ3v) is 3.67. The van der Waals surface area contributed by atoms with Crippen LogP contribution in [0.3, 0.4) is 0 Å². The summed E-state index contributed by atoms with van der Waals surface area (Å²) in [7, 11) is 1.82.